The van der Waals surface area contributed by atoms with Crippen molar-refractivity contribution in [1.82, 2.24) is 20.0 Å². The molecule has 0 saturated heterocycles. The number of nitrogens with one attached hydrogen (secondary N) is 1. The molecule has 3 aromatic rings. The number of aryl methyl sites for hydroxylation is 2. The van der Waals surface area contributed by atoms with Crippen molar-refractivity contribution in [1.29, 1.82) is 0 Å². The topological polar surface area (TPSA) is 81.9 Å². The highest BCUT2D eigenvalue weighted by molar-refractivity contribution is 7.15. The molecule has 0 atom stereocenters. The van der Waals surface area contributed by atoms with Crippen LogP contribution in [0.4, 0.5) is 5.13 Å². The first-order valence-corrected chi connectivity index (χ1v) is 7.78. The van der Waals surface area contributed by atoms with Gasteiger partial charge in [-0.1, -0.05) is 29.5 Å². The number of ether oxygens (including phenoxy) is 1. The average Bonchev–Trinajstić information content (AvgIpc) is 3.12. The van der Waals surface area contributed by atoms with Gasteiger partial charge in [0.15, 0.2) is 6.61 Å². The van der Waals surface area contributed by atoms with E-state index in [2.05, 4.69) is 20.6 Å². The molecule has 8 heteroatoms. The van der Waals surface area contributed by atoms with E-state index in [4.69, 9.17) is 4.74 Å². The van der Waals surface area contributed by atoms with Crippen LogP contribution in [0.3, 0.4) is 0 Å². The smallest absolute Gasteiger partial charge is 0.264 e. The van der Waals surface area contributed by atoms with E-state index in [-0.39, 0.29) is 12.5 Å². The van der Waals surface area contributed by atoms with E-state index in [1.165, 1.54) is 11.3 Å². The van der Waals surface area contributed by atoms with Crippen molar-refractivity contribution < 1.29 is 9.53 Å². The molecule has 0 fully saturated rings. The van der Waals surface area contributed by atoms with Crippen molar-refractivity contribution in [3.05, 3.63) is 47.1 Å². The molecule has 0 bridgehead atoms. The van der Waals surface area contributed by atoms with Crippen molar-refractivity contribution in [2.45, 2.75) is 13.8 Å². The minimum Gasteiger partial charge on any atom is -0.466 e. The number of para-hydroxylation sites is 1. The molecule has 7 nitrogen and oxygen atoms in total. The highest BCUT2D eigenvalue weighted by atomic mass is 32.1. The quantitative estimate of drug-likeness (QED) is 0.777. The molecule has 118 valence electrons. The number of anilines is 1. The Kier molecular flexibility index (Phi) is 4.33. The third-order valence-corrected chi connectivity index (χ3v) is 3.74. The maximum Gasteiger partial charge on any atom is 0.264 e. The summed E-state index contributed by atoms with van der Waals surface area (Å²) < 4.78 is 7.21. The Labute approximate surface area is 136 Å². The molecule has 23 heavy (non-hydrogen) atoms. The van der Waals surface area contributed by atoms with E-state index in [0.29, 0.717) is 11.0 Å². The lowest BCUT2D eigenvalue weighted by atomic mass is 10.3. The summed E-state index contributed by atoms with van der Waals surface area (Å²) in [6.45, 7) is 3.57. The summed E-state index contributed by atoms with van der Waals surface area (Å²) in [4.78, 5) is 11.9. The molecule has 0 spiro atoms. The molecule has 1 aromatic carbocycles. The van der Waals surface area contributed by atoms with E-state index in [9.17, 15) is 4.79 Å². The van der Waals surface area contributed by atoms with Crippen molar-refractivity contribution in [3.63, 3.8) is 0 Å². The molecule has 2 heterocycles. The lowest BCUT2D eigenvalue weighted by Gasteiger charge is -2.03. The van der Waals surface area contributed by atoms with Crippen molar-refractivity contribution >= 4 is 22.4 Å². The van der Waals surface area contributed by atoms with E-state index in [1.807, 2.05) is 50.4 Å². The second-order valence-electron chi connectivity index (χ2n) is 4.86. The van der Waals surface area contributed by atoms with Crippen LogP contribution in [-0.4, -0.2) is 32.5 Å². The number of hydrogen-bond donors (Lipinski definition) is 1. The minimum absolute atomic E-state index is 0.134. The summed E-state index contributed by atoms with van der Waals surface area (Å²) in [5.74, 6) is 0.132. The number of aromatic nitrogens is 4. The summed E-state index contributed by atoms with van der Waals surface area (Å²) in [6.07, 6.45) is 1.86. The zero-order chi connectivity index (χ0) is 16.2. The third-order valence-electron chi connectivity index (χ3n) is 2.98. The minimum atomic E-state index is -0.296. The SMILES string of the molecule is Cc1nnc(NC(=O)COc2nn(-c3ccccc3)cc2C)s1. The first-order chi connectivity index (χ1) is 11.1. The van der Waals surface area contributed by atoms with Crippen molar-refractivity contribution in [2.75, 3.05) is 11.9 Å². The number of benzene rings is 1. The molecule has 0 aliphatic heterocycles. The fourth-order valence-corrected chi connectivity index (χ4v) is 2.54. The molecule has 1 N–H and O–H groups in total. The van der Waals surface area contributed by atoms with Crippen LogP contribution in [0, 0.1) is 13.8 Å². The van der Waals surface area contributed by atoms with Gasteiger partial charge in [0.1, 0.15) is 5.01 Å². The summed E-state index contributed by atoms with van der Waals surface area (Å²) >= 11 is 1.31. The van der Waals surface area contributed by atoms with Crippen molar-refractivity contribution in [2.24, 2.45) is 0 Å². The first-order valence-electron chi connectivity index (χ1n) is 6.96. The highest BCUT2D eigenvalue weighted by Gasteiger charge is 2.11. The van der Waals surface area contributed by atoms with Gasteiger partial charge in [-0.3, -0.25) is 10.1 Å². The maximum absolute atomic E-state index is 11.9. The van der Waals surface area contributed by atoms with Crippen LogP contribution in [0.5, 0.6) is 5.88 Å². The molecular weight excluding hydrogens is 314 g/mol. The first kappa shape index (κ1) is 15.2. The van der Waals surface area contributed by atoms with E-state index in [0.717, 1.165) is 16.3 Å². The van der Waals surface area contributed by atoms with Gasteiger partial charge >= 0.3 is 0 Å². The van der Waals surface area contributed by atoms with Gasteiger partial charge in [0.05, 0.1) is 5.69 Å². The Morgan fingerprint density at radius 2 is 2.04 bits per heavy atom. The van der Waals surface area contributed by atoms with Gasteiger partial charge in [0, 0.05) is 11.8 Å². The zero-order valence-electron chi connectivity index (χ0n) is 12.7. The molecule has 0 aliphatic rings. The van der Waals surface area contributed by atoms with Gasteiger partial charge in [0.25, 0.3) is 5.91 Å². The molecule has 0 unspecified atom stereocenters. The van der Waals surface area contributed by atoms with Crippen molar-refractivity contribution in [3.8, 4) is 11.6 Å². The van der Waals surface area contributed by atoms with E-state index in [1.54, 1.807) is 4.68 Å². The predicted octanol–water partition coefficient (Wildman–Crippen LogP) is 2.36. The number of rotatable bonds is 5. The summed E-state index contributed by atoms with van der Waals surface area (Å²) in [7, 11) is 0. The van der Waals surface area contributed by atoms with Crippen LogP contribution in [0.25, 0.3) is 5.69 Å². The van der Waals surface area contributed by atoms with Gasteiger partial charge in [-0.05, 0) is 26.0 Å². The second kappa shape index (κ2) is 6.57. The van der Waals surface area contributed by atoms with E-state index < -0.39 is 0 Å². The Morgan fingerprint density at radius 3 is 2.74 bits per heavy atom. The third kappa shape index (κ3) is 3.72. The Hall–Kier alpha value is -2.74. The molecule has 1 amide bonds. The number of carbonyl (C=O) groups is 1. The fourth-order valence-electron chi connectivity index (χ4n) is 1.94. The van der Waals surface area contributed by atoms with Gasteiger partial charge in [-0.25, -0.2) is 4.68 Å². The number of nitrogens with zero attached hydrogens (tertiary/aromatic N) is 4. The molecule has 2 aromatic heterocycles. The molecule has 0 saturated carbocycles. The monoisotopic (exact) mass is 329 g/mol. The number of hydrogen-bond acceptors (Lipinski definition) is 6. The van der Waals surface area contributed by atoms with Gasteiger partial charge < -0.3 is 4.74 Å². The summed E-state index contributed by atoms with van der Waals surface area (Å²) in [5, 5.41) is 15.9. The lowest BCUT2D eigenvalue weighted by Crippen LogP contribution is -2.20. The van der Waals surface area contributed by atoms with Crippen LogP contribution in [0.1, 0.15) is 10.6 Å². The van der Waals surface area contributed by atoms with E-state index >= 15 is 0 Å². The second-order valence-corrected chi connectivity index (χ2v) is 6.04. The highest BCUT2D eigenvalue weighted by Crippen LogP contribution is 2.18. The Balaban J connectivity index is 1.62. The molecule has 0 radical (unpaired) electrons. The van der Waals surface area contributed by atoms with Gasteiger partial charge in [-0.2, -0.15) is 0 Å². The van der Waals surface area contributed by atoms with Crippen LogP contribution >= 0.6 is 11.3 Å². The summed E-state index contributed by atoms with van der Waals surface area (Å²) in [6, 6.07) is 9.70. The molecule has 0 aliphatic carbocycles. The Bertz CT molecular complexity index is 812. The van der Waals surface area contributed by atoms with Gasteiger partial charge in [-0.15, -0.1) is 15.3 Å². The Morgan fingerprint density at radius 1 is 1.26 bits per heavy atom. The largest absolute Gasteiger partial charge is 0.466 e. The zero-order valence-corrected chi connectivity index (χ0v) is 13.5. The summed E-state index contributed by atoms with van der Waals surface area (Å²) in [5.41, 5.74) is 1.78. The average molecular weight is 329 g/mol. The van der Waals surface area contributed by atoms with Gasteiger partial charge in [0.2, 0.25) is 11.0 Å². The molecular formula is C15H15N5O2S. The van der Waals surface area contributed by atoms with Crippen LogP contribution in [-0.2, 0) is 4.79 Å². The standard InChI is InChI=1S/C15H15N5O2S/c1-10-8-20(12-6-4-3-5-7-12)19-14(10)22-9-13(21)16-15-18-17-11(2)23-15/h3-8H,9H2,1-2H3,(H,16,18,21). The fraction of sp³-hybridized carbons (Fsp3) is 0.200. The lowest BCUT2D eigenvalue weighted by molar-refractivity contribution is -0.118. The predicted molar refractivity (Wildman–Crippen MR) is 87.1 cm³/mol. The maximum atomic E-state index is 11.9. The number of carbonyl (C=O) groups excluding carboxylic acids is 1. The normalized spacial score (nSPS) is 10.5. The van der Waals surface area contributed by atoms with Crippen LogP contribution in [0.15, 0.2) is 36.5 Å². The molecule has 3 rings (SSSR count). The number of amides is 1. The van der Waals surface area contributed by atoms with Crippen LogP contribution < -0.4 is 10.1 Å². The van der Waals surface area contributed by atoms with Crippen LogP contribution in [0.2, 0.25) is 0 Å².